The van der Waals surface area contributed by atoms with Crippen molar-refractivity contribution in [3.63, 3.8) is 0 Å². The van der Waals surface area contributed by atoms with Gasteiger partial charge in [-0.1, -0.05) is 32.5 Å². The molecule has 1 unspecified atom stereocenters. The molecule has 0 bridgehead atoms. The van der Waals surface area contributed by atoms with Crippen molar-refractivity contribution in [1.82, 2.24) is 0 Å². The fraction of sp³-hybridized carbons (Fsp3) is 0.462. The van der Waals surface area contributed by atoms with E-state index in [0.29, 0.717) is 10.9 Å². The van der Waals surface area contributed by atoms with Gasteiger partial charge >= 0.3 is 0 Å². The van der Waals surface area contributed by atoms with Gasteiger partial charge in [-0.3, -0.25) is 0 Å². The molecule has 1 rings (SSSR count). The molecule has 2 atom stereocenters. The molecule has 1 aromatic carbocycles. The van der Waals surface area contributed by atoms with Crippen LogP contribution in [0.4, 0.5) is 5.69 Å². The summed E-state index contributed by atoms with van der Waals surface area (Å²) in [6.07, 6.45) is 1.02. The van der Waals surface area contributed by atoms with Crippen LogP contribution < -0.4 is 15.8 Å². The van der Waals surface area contributed by atoms with Gasteiger partial charge in [0.2, 0.25) is 0 Å². The van der Waals surface area contributed by atoms with Gasteiger partial charge in [-0.15, -0.1) is 0 Å². The molecule has 94 valence electrons. The Morgan fingerprint density at radius 3 is 2.47 bits per heavy atom. The van der Waals surface area contributed by atoms with Crippen molar-refractivity contribution in [1.29, 1.82) is 0 Å². The molecule has 4 heteroatoms. The predicted octanol–water partition coefficient (Wildman–Crippen LogP) is 2.81. The number of hydrogen-bond donors (Lipinski definition) is 2. The molecule has 0 aliphatic carbocycles. The molecule has 0 radical (unpaired) electrons. The maximum atomic E-state index is 6.05. The molecule has 0 fully saturated rings. The van der Waals surface area contributed by atoms with Gasteiger partial charge in [-0.2, -0.15) is 0 Å². The summed E-state index contributed by atoms with van der Waals surface area (Å²) in [7, 11) is 1.64. The number of methoxy groups -OCH3 is 1. The number of rotatable bonds is 5. The minimum Gasteiger partial charge on any atom is -0.497 e. The molecule has 17 heavy (non-hydrogen) atoms. The minimum absolute atomic E-state index is 0.0999. The molecule has 0 saturated carbocycles. The standard InChI is InChI=1S/C13H20N2OS/c1-4-9(2)12(14)13(17)15-10-5-7-11(16-3)8-6-10/h5-9,12H,4,14H2,1-3H3,(H,15,17)/t9?,12-/m0/s1. The van der Waals surface area contributed by atoms with E-state index in [-0.39, 0.29) is 6.04 Å². The van der Waals surface area contributed by atoms with E-state index in [1.165, 1.54) is 0 Å². The molecule has 0 aliphatic heterocycles. The lowest BCUT2D eigenvalue weighted by atomic mass is 10.00. The van der Waals surface area contributed by atoms with Crippen LogP contribution in [0, 0.1) is 5.92 Å². The largest absolute Gasteiger partial charge is 0.497 e. The van der Waals surface area contributed by atoms with Crippen molar-refractivity contribution < 1.29 is 4.74 Å². The Balaban J connectivity index is 2.61. The Bertz CT molecular complexity index is 364. The second-order valence-electron chi connectivity index (χ2n) is 4.13. The van der Waals surface area contributed by atoms with Crippen molar-refractivity contribution in [2.75, 3.05) is 12.4 Å². The molecule has 0 aromatic heterocycles. The molecule has 0 spiro atoms. The smallest absolute Gasteiger partial charge is 0.119 e. The van der Waals surface area contributed by atoms with Crippen LogP contribution in [0.2, 0.25) is 0 Å². The lowest BCUT2D eigenvalue weighted by molar-refractivity contribution is 0.415. The number of thiocarbonyl (C=S) groups is 1. The first-order chi connectivity index (χ1) is 8.08. The molecule has 0 aliphatic rings. The van der Waals surface area contributed by atoms with E-state index in [1.54, 1.807) is 7.11 Å². The zero-order valence-electron chi connectivity index (χ0n) is 10.6. The van der Waals surface area contributed by atoms with Crippen molar-refractivity contribution in [3.8, 4) is 5.75 Å². The number of nitrogens with two attached hydrogens (primary N) is 1. The SMILES string of the molecule is CCC(C)[C@H](N)C(=S)Nc1ccc(OC)cc1. The van der Waals surface area contributed by atoms with E-state index in [4.69, 9.17) is 22.7 Å². The van der Waals surface area contributed by atoms with E-state index >= 15 is 0 Å². The summed E-state index contributed by atoms with van der Waals surface area (Å²) in [5.74, 6) is 1.21. The summed E-state index contributed by atoms with van der Waals surface area (Å²) in [6, 6.07) is 7.53. The average Bonchev–Trinajstić information content (AvgIpc) is 2.37. The summed E-state index contributed by atoms with van der Waals surface area (Å²) < 4.78 is 5.09. The molecule has 0 saturated heterocycles. The van der Waals surface area contributed by atoms with Crippen LogP contribution in [-0.2, 0) is 0 Å². The fourth-order valence-corrected chi connectivity index (χ4v) is 1.76. The average molecular weight is 252 g/mol. The van der Waals surface area contributed by atoms with Gasteiger partial charge in [-0.25, -0.2) is 0 Å². The number of hydrogen-bond acceptors (Lipinski definition) is 3. The minimum atomic E-state index is -0.0999. The van der Waals surface area contributed by atoms with Crippen molar-refractivity contribution >= 4 is 22.9 Å². The third-order valence-corrected chi connectivity index (χ3v) is 3.29. The van der Waals surface area contributed by atoms with Gasteiger partial charge in [0, 0.05) is 5.69 Å². The Kier molecular flexibility index (Phi) is 5.38. The maximum Gasteiger partial charge on any atom is 0.119 e. The lowest BCUT2D eigenvalue weighted by Crippen LogP contribution is -2.39. The van der Waals surface area contributed by atoms with E-state index in [9.17, 15) is 0 Å². The highest BCUT2D eigenvalue weighted by Gasteiger charge is 2.15. The zero-order chi connectivity index (χ0) is 12.8. The van der Waals surface area contributed by atoms with Gasteiger partial charge in [0.1, 0.15) is 5.75 Å². The monoisotopic (exact) mass is 252 g/mol. The third-order valence-electron chi connectivity index (χ3n) is 2.92. The normalized spacial score (nSPS) is 13.9. The van der Waals surface area contributed by atoms with E-state index < -0.39 is 0 Å². The molecular formula is C13H20N2OS. The molecular weight excluding hydrogens is 232 g/mol. The molecule has 3 nitrogen and oxygen atoms in total. The zero-order valence-corrected chi connectivity index (χ0v) is 11.4. The highest BCUT2D eigenvalue weighted by atomic mass is 32.1. The van der Waals surface area contributed by atoms with Crippen LogP contribution in [0.3, 0.4) is 0 Å². The van der Waals surface area contributed by atoms with Crippen molar-refractivity contribution in [3.05, 3.63) is 24.3 Å². The highest BCUT2D eigenvalue weighted by Crippen LogP contribution is 2.16. The number of nitrogens with one attached hydrogen (secondary N) is 1. The van der Waals surface area contributed by atoms with Crippen molar-refractivity contribution in [2.45, 2.75) is 26.3 Å². The number of anilines is 1. The van der Waals surface area contributed by atoms with Gasteiger partial charge < -0.3 is 15.8 Å². The van der Waals surface area contributed by atoms with Crippen molar-refractivity contribution in [2.24, 2.45) is 11.7 Å². The second kappa shape index (κ2) is 6.57. The molecule has 0 heterocycles. The lowest BCUT2D eigenvalue weighted by Gasteiger charge is -2.20. The van der Waals surface area contributed by atoms with Crippen LogP contribution in [0.1, 0.15) is 20.3 Å². The van der Waals surface area contributed by atoms with Crippen LogP contribution >= 0.6 is 12.2 Å². The first-order valence-corrected chi connectivity index (χ1v) is 6.19. The third kappa shape index (κ3) is 3.98. The Labute approximate surface area is 108 Å². The summed E-state index contributed by atoms with van der Waals surface area (Å²) in [4.78, 5) is 0.685. The van der Waals surface area contributed by atoms with Crippen LogP contribution in [0.15, 0.2) is 24.3 Å². The summed E-state index contributed by atoms with van der Waals surface area (Å²) in [5.41, 5.74) is 6.99. The second-order valence-corrected chi connectivity index (χ2v) is 4.57. The van der Waals surface area contributed by atoms with E-state index in [2.05, 4.69) is 19.2 Å². The molecule has 3 N–H and O–H groups in total. The van der Waals surface area contributed by atoms with Gasteiger partial charge in [0.15, 0.2) is 0 Å². The highest BCUT2D eigenvalue weighted by molar-refractivity contribution is 7.80. The Morgan fingerprint density at radius 1 is 1.41 bits per heavy atom. The van der Waals surface area contributed by atoms with Gasteiger partial charge in [0.05, 0.1) is 18.1 Å². The van der Waals surface area contributed by atoms with Crippen LogP contribution in [-0.4, -0.2) is 18.1 Å². The van der Waals surface area contributed by atoms with Crippen LogP contribution in [0.5, 0.6) is 5.75 Å². The van der Waals surface area contributed by atoms with Gasteiger partial charge in [-0.05, 0) is 30.2 Å². The first kappa shape index (κ1) is 13.9. The summed E-state index contributed by atoms with van der Waals surface area (Å²) >= 11 is 5.30. The van der Waals surface area contributed by atoms with E-state index in [0.717, 1.165) is 17.9 Å². The predicted molar refractivity (Wildman–Crippen MR) is 76.6 cm³/mol. The first-order valence-electron chi connectivity index (χ1n) is 5.79. The topological polar surface area (TPSA) is 47.3 Å². The molecule has 0 amide bonds. The maximum absolute atomic E-state index is 6.05. The fourth-order valence-electron chi connectivity index (χ4n) is 1.41. The number of ether oxygens (including phenoxy) is 1. The van der Waals surface area contributed by atoms with Gasteiger partial charge in [0.25, 0.3) is 0 Å². The summed E-state index contributed by atoms with van der Waals surface area (Å²) in [5, 5.41) is 3.16. The quantitative estimate of drug-likeness (QED) is 0.791. The summed E-state index contributed by atoms with van der Waals surface area (Å²) in [6.45, 7) is 4.22. The number of benzene rings is 1. The molecule has 1 aromatic rings. The van der Waals surface area contributed by atoms with Crippen LogP contribution in [0.25, 0.3) is 0 Å². The Morgan fingerprint density at radius 2 is 2.00 bits per heavy atom. The van der Waals surface area contributed by atoms with E-state index in [1.807, 2.05) is 24.3 Å². The Hall–Kier alpha value is -1.13.